The summed E-state index contributed by atoms with van der Waals surface area (Å²) in [6.07, 6.45) is 7.49. The van der Waals surface area contributed by atoms with Gasteiger partial charge in [-0.05, 0) is 51.0 Å². The van der Waals surface area contributed by atoms with E-state index in [4.69, 9.17) is 4.74 Å². The standard InChI is InChI=1S/C20H28N2O3/c1-14-16(12-19(24)21-9-2-3-10-21)20-17(7-4-8-18(20)23)22(14)13-15-6-5-11-25-15/h15H,2-13H2,1H3. The normalized spacial score (nSPS) is 23.3. The monoisotopic (exact) mass is 344 g/mol. The molecule has 4 rings (SSSR count). The Bertz CT molecular complexity index is 680. The topological polar surface area (TPSA) is 51.5 Å². The number of carbonyl (C=O) groups is 2. The number of fused-ring (bicyclic) bond motifs is 1. The minimum Gasteiger partial charge on any atom is -0.376 e. The molecule has 1 aromatic heterocycles. The molecule has 25 heavy (non-hydrogen) atoms. The summed E-state index contributed by atoms with van der Waals surface area (Å²) in [4.78, 5) is 27.3. The van der Waals surface area contributed by atoms with Gasteiger partial charge in [0, 0.05) is 49.6 Å². The lowest BCUT2D eigenvalue weighted by Crippen LogP contribution is -2.29. The Balaban J connectivity index is 1.66. The minimum atomic E-state index is 0.177. The van der Waals surface area contributed by atoms with E-state index in [1.807, 2.05) is 4.90 Å². The highest BCUT2D eigenvalue weighted by Gasteiger charge is 2.31. The van der Waals surface area contributed by atoms with Gasteiger partial charge in [0.2, 0.25) is 5.91 Å². The molecule has 0 radical (unpaired) electrons. The van der Waals surface area contributed by atoms with Crippen molar-refractivity contribution in [3.63, 3.8) is 0 Å². The van der Waals surface area contributed by atoms with Gasteiger partial charge in [-0.1, -0.05) is 0 Å². The molecular weight excluding hydrogens is 316 g/mol. The van der Waals surface area contributed by atoms with Gasteiger partial charge in [-0.15, -0.1) is 0 Å². The van der Waals surface area contributed by atoms with Crippen LogP contribution in [-0.4, -0.2) is 47.0 Å². The Hall–Kier alpha value is -1.62. The number of hydrogen-bond acceptors (Lipinski definition) is 3. The molecule has 5 nitrogen and oxygen atoms in total. The molecule has 1 unspecified atom stereocenters. The molecule has 2 saturated heterocycles. The molecule has 1 atom stereocenters. The van der Waals surface area contributed by atoms with Crippen LogP contribution in [0.5, 0.6) is 0 Å². The summed E-state index contributed by atoms with van der Waals surface area (Å²) in [6, 6.07) is 0. The van der Waals surface area contributed by atoms with Gasteiger partial charge in [-0.2, -0.15) is 0 Å². The first-order chi connectivity index (χ1) is 12.1. The number of likely N-dealkylation sites (tertiary alicyclic amines) is 1. The fourth-order valence-electron chi connectivity index (χ4n) is 4.67. The summed E-state index contributed by atoms with van der Waals surface area (Å²) in [5.41, 5.74) is 4.08. The fourth-order valence-corrected chi connectivity index (χ4v) is 4.67. The highest BCUT2D eigenvalue weighted by molar-refractivity contribution is 6.01. The Morgan fingerprint density at radius 1 is 1.16 bits per heavy atom. The molecule has 1 amide bonds. The second-order valence-electron chi connectivity index (χ2n) is 7.67. The molecule has 0 bridgehead atoms. The van der Waals surface area contributed by atoms with Crippen molar-refractivity contribution in [1.29, 1.82) is 0 Å². The van der Waals surface area contributed by atoms with E-state index in [0.29, 0.717) is 12.8 Å². The molecule has 0 N–H and O–H groups in total. The van der Waals surface area contributed by atoms with Crippen LogP contribution in [-0.2, 0) is 28.9 Å². The van der Waals surface area contributed by atoms with Crippen LogP contribution in [0, 0.1) is 6.92 Å². The molecule has 2 fully saturated rings. The van der Waals surface area contributed by atoms with Gasteiger partial charge in [-0.3, -0.25) is 9.59 Å². The van der Waals surface area contributed by atoms with Crippen molar-refractivity contribution < 1.29 is 14.3 Å². The summed E-state index contributed by atoms with van der Waals surface area (Å²) < 4.78 is 8.11. The van der Waals surface area contributed by atoms with Gasteiger partial charge in [0.25, 0.3) is 0 Å². The fraction of sp³-hybridized carbons (Fsp3) is 0.700. The largest absolute Gasteiger partial charge is 0.376 e. The third kappa shape index (κ3) is 3.14. The molecule has 0 saturated carbocycles. The smallest absolute Gasteiger partial charge is 0.227 e. The second-order valence-corrected chi connectivity index (χ2v) is 7.67. The predicted molar refractivity (Wildman–Crippen MR) is 94.9 cm³/mol. The number of aromatic nitrogens is 1. The van der Waals surface area contributed by atoms with E-state index in [9.17, 15) is 9.59 Å². The number of amides is 1. The molecule has 1 aromatic rings. The lowest BCUT2D eigenvalue weighted by molar-refractivity contribution is -0.129. The van der Waals surface area contributed by atoms with Crippen molar-refractivity contribution in [2.24, 2.45) is 0 Å². The SMILES string of the molecule is Cc1c(CC(=O)N2CCCC2)c2c(n1CC1CCCO1)CCCC2=O. The summed E-state index contributed by atoms with van der Waals surface area (Å²) in [5, 5.41) is 0. The molecule has 1 aliphatic carbocycles. The Kier molecular flexibility index (Phi) is 4.67. The molecule has 0 aromatic carbocycles. The average Bonchev–Trinajstić information content (AvgIpc) is 3.33. The quantitative estimate of drug-likeness (QED) is 0.844. The van der Waals surface area contributed by atoms with Crippen LogP contribution in [0.1, 0.15) is 65.8 Å². The van der Waals surface area contributed by atoms with Gasteiger partial charge in [-0.25, -0.2) is 0 Å². The first-order valence-electron chi connectivity index (χ1n) is 9.78. The van der Waals surface area contributed by atoms with Crippen molar-refractivity contribution >= 4 is 11.7 Å². The minimum absolute atomic E-state index is 0.177. The van der Waals surface area contributed by atoms with Crippen LogP contribution in [0.25, 0.3) is 0 Å². The van der Waals surface area contributed by atoms with Crippen molar-refractivity contribution in [3.05, 3.63) is 22.5 Å². The summed E-state index contributed by atoms with van der Waals surface area (Å²) in [7, 11) is 0. The van der Waals surface area contributed by atoms with Crippen LogP contribution in [0.15, 0.2) is 0 Å². The summed E-state index contributed by atoms with van der Waals surface area (Å²) >= 11 is 0. The first-order valence-corrected chi connectivity index (χ1v) is 9.78. The third-order valence-corrected chi connectivity index (χ3v) is 6.05. The Morgan fingerprint density at radius 2 is 1.96 bits per heavy atom. The molecular formula is C20H28N2O3. The highest BCUT2D eigenvalue weighted by atomic mass is 16.5. The van der Waals surface area contributed by atoms with Crippen molar-refractivity contribution in [2.45, 2.75) is 70.9 Å². The zero-order valence-corrected chi connectivity index (χ0v) is 15.2. The van der Waals surface area contributed by atoms with Gasteiger partial charge in [0.15, 0.2) is 5.78 Å². The zero-order valence-electron chi connectivity index (χ0n) is 15.2. The van der Waals surface area contributed by atoms with E-state index in [0.717, 1.165) is 87.3 Å². The molecule has 136 valence electrons. The maximum atomic E-state index is 12.7. The molecule has 0 spiro atoms. The number of hydrogen-bond donors (Lipinski definition) is 0. The highest BCUT2D eigenvalue weighted by Crippen LogP contribution is 2.32. The maximum absolute atomic E-state index is 12.7. The third-order valence-electron chi connectivity index (χ3n) is 6.05. The first kappa shape index (κ1) is 16.8. The average molecular weight is 344 g/mol. The number of carbonyl (C=O) groups excluding carboxylic acids is 2. The van der Waals surface area contributed by atoms with Crippen LogP contribution in [0.2, 0.25) is 0 Å². The van der Waals surface area contributed by atoms with E-state index in [1.54, 1.807) is 0 Å². The molecule has 2 aliphatic heterocycles. The van der Waals surface area contributed by atoms with E-state index in [2.05, 4.69) is 11.5 Å². The second kappa shape index (κ2) is 6.94. The summed E-state index contributed by atoms with van der Waals surface area (Å²) in [5.74, 6) is 0.399. The lowest BCUT2D eigenvalue weighted by atomic mass is 9.92. The van der Waals surface area contributed by atoms with E-state index in [-0.39, 0.29) is 17.8 Å². The van der Waals surface area contributed by atoms with Crippen LogP contribution < -0.4 is 0 Å². The van der Waals surface area contributed by atoms with Gasteiger partial charge in [0.05, 0.1) is 12.5 Å². The van der Waals surface area contributed by atoms with Gasteiger partial charge >= 0.3 is 0 Å². The number of ketones is 1. The van der Waals surface area contributed by atoms with Crippen LogP contribution >= 0.6 is 0 Å². The number of ether oxygens (including phenoxy) is 1. The van der Waals surface area contributed by atoms with Crippen molar-refractivity contribution in [3.8, 4) is 0 Å². The van der Waals surface area contributed by atoms with E-state index < -0.39 is 0 Å². The maximum Gasteiger partial charge on any atom is 0.227 e. The molecule has 3 heterocycles. The van der Waals surface area contributed by atoms with E-state index >= 15 is 0 Å². The van der Waals surface area contributed by atoms with Gasteiger partial charge in [0.1, 0.15) is 0 Å². The van der Waals surface area contributed by atoms with Crippen LogP contribution in [0.4, 0.5) is 0 Å². The lowest BCUT2D eigenvalue weighted by Gasteiger charge is -2.18. The molecule has 3 aliphatic rings. The number of Topliss-reactive ketones (excluding diaryl/α,β-unsaturated/α-hetero) is 1. The van der Waals surface area contributed by atoms with Crippen LogP contribution in [0.3, 0.4) is 0 Å². The van der Waals surface area contributed by atoms with Gasteiger partial charge < -0.3 is 14.2 Å². The zero-order chi connectivity index (χ0) is 17.4. The van der Waals surface area contributed by atoms with Crippen molar-refractivity contribution in [1.82, 2.24) is 9.47 Å². The number of rotatable bonds is 4. The molecule has 5 heteroatoms. The Labute approximate surface area is 149 Å². The van der Waals surface area contributed by atoms with Crippen molar-refractivity contribution in [2.75, 3.05) is 19.7 Å². The Morgan fingerprint density at radius 3 is 2.68 bits per heavy atom. The predicted octanol–water partition coefficient (Wildman–Crippen LogP) is 2.66. The summed E-state index contributed by atoms with van der Waals surface area (Å²) in [6.45, 7) is 5.47. The van der Waals surface area contributed by atoms with E-state index in [1.165, 1.54) is 0 Å². The number of nitrogens with zero attached hydrogens (tertiary/aromatic N) is 2.